The number of unbranched alkanes of at least 4 members (excludes halogenated alkanes) is 5. The third kappa shape index (κ3) is 11.8. The number of rotatable bonds is 16. The van der Waals surface area contributed by atoms with Gasteiger partial charge in [0.2, 0.25) is 22.2 Å². The van der Waals surface area contributed by atoms with E-state index in [2.05, 4.69) is 25.5 Å². The SMILES string of the molecule is N#CN=C(NCCCCCCCCN(CCCN1CCOCC1)S(=O)(=O)C1CCCCC1)Nc1ccncc1. The Labute approximate surface area is 235 Å². The molecule has 0 unspecified atom stereocenters. The molecule has 1 saturated carbocycles. The minimum atomic E-state index is -3.23. The molecule has 0 atom stereocenters. The van der Waals surface area contributed by atoms with Crippen molar-refractivity contribution < 1.29 is 13.2 Å². The molecular formula is C28H47N7O3S. The van der Waals surface area contributed by atoms with Crippen molar-refractivity contribution in [1.29, 1.82) is 5.26 Å². The molecule has 1 aromatic heterocycles. The Bertz CT molecular complexity index is 973. The minimum absolute atomic E-state index is 0.190. The number of nitrogens with zero attached hydrogens (tertiary/aromatic N) is 5. The summed E-state index contributed by atoms with van der Waals surface area (Å²) in [5.74, 6) is 0.441. The molecular weight excluding hydrogens is 514 g/mol. The van der Waals surface area contributed by atoms with E-state index in [4.69, 9.17) is 10.00 Å². The maximum absolute atomic E-state index is 13.5. The van der Waals surface area contributed by atoms with E-state index in [1.54, 1.807) is 12.4 Å². The molecule has 0 aromatic carbocycles. The highest BCUT2D eigenvalue weighted by molar-refractivity contribution is 7.89. The molecule has 218 valence electrons. The molecule has 0 amide bonds. The van der Waals surface area contributed by atoms with Gasteiger partial charge >= 0.3 is 0 Å². The van der Waals surface area contributed by atoms with Gasteiger partial charge in [-0.25, -0.2) is 12.7 Å². The lowest BCUT2D eigenvalue weighted by Crippen LogP contribution is -2.42. The van der Waals surface area contributed by atoms with Crippen LogP contribution in [0.4, 0.5) is 5.69 Å². The van der Waals surface area contributed by atoms with Gasteiger partial charge in [0.05, 0.1) is 18.5 Å². The Morgan fingerprint density at radius 1 is 1.03 bits per heavy atom. The van der Waals surface area contributed by atoms with Crippen LogP contribution < -0.4 is 10.6 Å². The van der Waals surface area contributed by atoms with Gasteiger partial charge in [0.25, 0.3) is 0 Å². The largest absolute Gasteiger partial charge is 0.379 e. The summed E-state index contributed by atoms with van der Waals surface area (Å²) in [6.07, 6.45) is 17.1. The minimum Gasteiger partial charge on any atom is -0.379 e. The lowest BCUT2D eigenvalue weighted by atomic mass is 10.0. The maximum Gasteiger partial charge on any atom is 0.216 e. The second kappa shape index (κ2) is 18.2. The van der Waals surface area contributed by atoms with Crippen LogP contribution in [0, 0.1) is 11.5 Å². The monoisotopic (exact) mass is 561 g/mol. The molecule has 1 aliphatic heterocycles. The Hall–Kier alpha value is -2.26. The van der Waals surface area contributed by atoms with Crippen LogP contribution in [0.1, 0.15) is 77.0 Å². The first-order chi connectivity index (χ1) is 19.1. The van der Waals surface area contributed by atoms with Crippen molar-refractivity contribution in [3.05, 3.63) is 24.5 Å². The van der Waals surface area contributed by atoms with Crippen molar-refractivity contribution in [2.24, 2.45) is 4.99 Å². The van der Waals surface area contributed by atoms with Crippen molar-refractivity contribution in [2.75, 3.05) is 57.8 Å². The summed E-state index contributed by atoms with van der Waals surface area (Å²) in [5, 5.41) is 15.0. The van der Waals surface area contributed by atoms with E-state index in [1.807, 2.05) is 22.6 Å². The molecule has 0 bridgehead atoms. The van der Waals surface area contributed by atoms with Crippen LogP contribution in [-0.2, 0) is 14.8 Å². The first kappa shape index (κ1) is 31.3. The highest BCUT2D eigenvalue weighted by Crippen LogP contribution is 2.26. The van der Waals surface area contributed by atoms with Gasteiger partial charge in [0.1, 0.15) is 0 Å². The zero-order valence-corrected chi connectivity index (χ0v) is 24.2. The number of hydrogen-bond acceptors (Lipinski definition) is 7. The van der Waals surface area contributed by atoms with E-state index < -0.39 is 10.0 Å². The van der Waals surface area contributed by atoms with Crippen LogP contribution in [0.3, 0.4) is 0 Å². The van der Waals surface area contributed by atoms with Crippen LogP contribution >= 0.6 is 0 Å². The van der Waals surface area contributed by atoms with Gasteiger partial charge in [0, 0.05) is 50.8 Å². The van der Waals surface area contributed by atoms with Gasteiger partial charge in [-0.3, -0.25) is 9.88 Å². The number of aromatic nitrogens is 1. The van der Waals surface area contributed by atoms with E-state index in [0.29, 0.717) is 19.0 Å². The third-order valence-corrected chi connectivity index (χ3v) is 9.95. The predicted molar refractivity (Wildman–Crippen MR) is 156 cm³/mol. The van der Waals surface area contributed by atoms with Crippen LogP contribution in [0.5, 0.6) is 0 Å². The lowest BCUT2D eigenvalue weighted by molar-refractivity contribution is 0.0369. The van der Waals surface area contributed by atoms with Crippen molar-refractivity contribution in [2.45, 2.75) is 82.3 Å². The summed E-state index contributed by atoms with van der Waals surface area (Å²) in [6.45, 7) is 6.37. The summed E-state index contributed by atoms with van der Waals surface area (Å²) >= 11 is 0. The fourth-order valence-electron chi connectivity index (χ4n) is 5.30. The van der Waals surface area contributed by atoms with Gasteiger partial charge in [-0.2, -0.15) is 5.26 Å². The molecule has 1 saturated heterocycles. The summed E-state index contributed by atoms with van der Waals surface area (Å²) < 4.78 is 34.2. The van der Waals surface area contributed by atoms with Crippen molar-refractivity contribution in [3.8, 4) is 6.19 Å². The standard InChI is InChI=1S/C28H47N7O3S/c29-25-32-28(33-26-13-16-30-17-14-26)31-15-8-3-1-2-4-9-19-35(20-10-18-34-21-23-38-24-22-34)39(36,37)27-11-6-5-7-12-27/h13-14,16-17,27H,1-12,15,18-24H2,(H2,30,31,32,33). The number of nitriles is 1. The Morgan fingerprint density at radius 2 is 1.69 bits per heavy atom. The van der Waals surface area contributed by atoms with Gasteiger partial charge in [-0.05, 0) is 50.8 Å². The van der Waals surface area contributed by atoms with E-state index in [0.717, 1.165) is 122 Å². The van der Waals surface area contributed by atoms with Crippen LogP contribution in [-0.4, -0.2) is 86.3 Å². The third-order valence-electron chi connectivity index (χ3n) is 7.55. The number of anilines is 1. The smallest absolute Gasteiger partial charge is 0.216 e. The van der Waals surface area contributed by atoms with Gasteiger partial charge in [-0.1, -0.05) is 44.9 Å². The zero-order chi connectivity index (χ0) is 27.6. The summed E-state index contributed by atoms with van der Waals surface area (Å²) in [6, 6.07) is 3.64. The molecule has 0 radical (unpaired) electrons. The topological polar surface area (TPSA) is 123 Å². The highest BCUT2D eigenvalue weighted by Gasteiger charge is 2.32. The normalized spacial score (nSPS) is 17.7. The number of guanidine groups is 1. The number of sulfonamides is 1. The molecule has 2 heterocycles. The number of morpholine rings is 1. The molecule has 1 aromatic rings. The molecule has 3 rings (SSSR count). The molecule has 2 fully saturated rings. The van der Waals surface area contributed by atoms with Crippen molar-refractivity contribution >= 4 is 21.7 Å². The number of pyridine rings is 1. The number of hydrogen-bond donors (Lipinski definition) is 2. The lowest BCUT2D eigenvalue weighted by Gasteiger charge is -2.31. The Balaban J connectivity index is 1.33. The van der Waals surface area contributed by atoms with Gasteiger partial charge in [-0.15, -0.1) is 4.99 Å². The second-order valence-electron chi connectivity index (χ2n) is 10.5. The predicted octanol–water partition coefficient (Wildman–Crippen LogP) is 3.95. The van der Waals surface area contributed by atoms with Crippen molar-refractivity contribution in [1.82, 2.24) is 19.5 Å². The molecule has 11 heteroatoms. The number of aliphatic imine (C=N–C) groups is 1. The van der Waals surface area contributed by atoms with E-state index in [-0.39, 0.29) is 5.25 Å². The summed E-state index contributed by atoms with van der Waals surface area (Å²) in [4.78, 5) is 10.2. The van der Waals surface area contributed by atoms with Crippen LogP contribution in [0.15, 0.2) is 29.5 Å². The Morgan fingerprint density at radius 3 is 2.41 bits per heavy atom. The first-order valence-electron chi connectivity index (χ1n) is 14.8. The average Bonchev–Trinajstić information content (AvgIpc) is 2.97. The summed E-state index contributed by atoms with van der Waals surface area (Å²) in [7, 11) is -3.23. The van der Waals surface area contributed by atoms with E-state index >= 15 is 0 Å². The van der Waals surface area contributed by atoms with Crippen LogP contribution in [0.25, 0.3) is 0 Å². The Kier molecular flexibility index (Phi) is 14.6. The summed E-state index contributed by atoms with van der Waals surface area (Å²) in [5.41, 5.74) is 0.826. The molecule has 2 aliphatic rings. The molecule has 0 spiro atoms. The maximum atomic E-state index is 13.5. The molecule has 2 N–H and O–H groups in total. The first-order valence-corrected chi connectivity index (χ1v) is 16.3. The molecule has 10 nitrogen and oxygen atoms in total. The van der Waals surface area contributed by atoms with Gasteiger partial charge < -0.3 is 15.4 Å². The van der Waals surface area contributed by atoms with Gasteiger partial charge in [0.15, 0.2) is 0 Å². The highest BCUT2D eigenvalue weighted by atomic mass is 32.2. The average molecular weight is 562 g/mol. The van der Waals surface area contributed by atoms with E-state index in [1.165, 1.54) is 0 Å². The number of nitrogens with one attached hydrogen (secondary N) is 2. The van der Waals surface area contributed by atoms with Crippen LogP contribution in [0.2, 0.25) is 0 Å². The molecule has 1 aliphatic carbocycles. The van der Waals surface area contributed by atoms with Crippen molar-refractivity contribution in [3.63, 3.8) is 0 Å². The zero-order valence-electron chi connectivity index (χ0n) is 23.4. The van der Waals surface area contributed by atoms with E-state index in [9.17, 15) is 8.42 Å². The quantitative estimate of drug-likeness (QED) is 0.135. The molecule has 39 heavy (non-hydrogen) atoms. The fourth-order valence-corrected chi connectivity index (χ4v) is 7.41. The fraction of sp³-hybridized carbons (Fsp3) is 0.750. The number of ether oxygens (including phenoxy) is 1. The second-order valence-corrected chi connectivity index (χ2v) is 12.7.